The zero-order chi connectivity index (χ0) is 26.4. The third-order valence-corrected chi connectivity index (χ3v) is 7.67. The lowest BCUT2D eigenvalue weighted by Crippen LogP contribution is -2.49. The number of carbonyl (C=O) groups is 1. The van der Waals surface area contributed by atoms with E-state index in [9.17, 15) is 14.3 Å². The molecular weight excluding hydrogens is 491 g/mol. The second-order valence-electron chi connectivity index (χ2n) is 9.67. The van der Waals surface area contributed by atoms with Crippen LogP contribution >= 0.6 is 11.3 Å². The van der Waals surface area contributed by atoms with Crippen molar-refractivity contribution in [3.63, 3.8) is 0 Å². The van der Waals surface area contributed by atoms with Gasteiger partial charge in [-0.25, -0.2) is 4.39 Å². The van der Waals surface area contributed by atoms with E-state index in [4.69, 9.17) is 9.47 Å². The summed E-state index contributed by atoms with van der Waals surface area (Å²) in [6.07, 6.45) is 0.0672. The van der Waals surface area contributed by atoms with Crippen LogP contribution in [0.5, 0.6) is 11.5 Å². The summed E-state index contributed by atoms with van der Waals surface area (Å²) in [5.41, 5.74) is 2.12. The van der Waals surface area contributed by atoms with Crippen LogP contribution in [-0.4, -0.2) is 65.8 Å². The minimum atomic E-state index is -0.739. The molecule has 6 nitrogen and oxygen atoms in total. The van der Waals surface area contributed by atoms with Gasteiger partial charge in [0, 0.05) is 24.0 Å². The number of para-hydroxylation sites is 1. The molecule has 37 heavy (non-hydrogen) atoms. The molecule has 0 spiro atoms. The smallest absolute Gasteiger partial charge is 0.237 e. The predicted octanol–water partition coefficient (Wildman–Crippen LogP) is 4.85. The van der Waals surface area contributed by atoms with Gasteiger partial charge in [0.05, 0.1) is 12.6 Å². The molecule has 0 radical (unpaired) electrons. The van der Waals surface area contributed by atoms with Gasteiger partial charge in [-0.15, -0.1) is 11.3 Å². The van der Waals surface area contributed by atoms with E-state index in [1.165, 1.54) is 17.0 Å². The molecule has 2 heterocycles. The highest BCUT2D eigenvalue weighted by atomic mass is 32.1. The first kappa shape index (κ1) is 27.1. The van der Waals surface area contributed by atoms with E-state index < -0.39 is 6.10 Å². The number of nitrogens with zero attached hydrogens (tertiary/aromatic N) is 2. The summed E-state index contributed by atoms with van der Waals surface area (Å²) in [5, 5.41) is 12.7. The number of carbonyl (C=O) groups excluding carboxylic acids is 1. The Morgan fingerprint density at radius 3 is 2.65 bits per heavy atom. The van der Waals surface area contributed by atoms with Gasteiger partial charge in [0.1, 0.15) is 36.6 Å². The molecule has 8 heteroatoms. The fraction of sp³-hybridized carbons (Fsp3) is 0.414. The van der Waals surface area contributed by atoms with Gasteiger partial charge in [0.2, 0.25) is 5.91 Å². The molecule has 0 bridgehead atoms. The minimum absolute atomic E-state index is 0.00900. The Hall–Kier alpha value is -2.94. The lowest BCUT2D eigenvalue weighted by molar-refractivity contribution is -0.137. The van der Waals surface area contributed by atoms with Crippen molar-refractivity contribution < 1.29 is 23.8 Å². The van der Waals surface area contributed by atoms with Gasteiger partial charge in [-0.05, 0) is 80.1 Å². The molecule has 2 atom stereocenters. The third-order valence-electron chi connectivity index (χ3n) is 6.68. The molecule has 3 aromatic rings. The molecule has 2 aromatic carbocycles. The third kappa shape index (κ3) is 7.09. The number of thiophene rings is 1. The molecule has 0 aliphatic carbocycles. The van der Waals surface area contributed by atoms with Crippen molar-refractivity contribution in [3.05, 3.63) is 81.8 Å². The Labute approximate surface area is 222 Å². The second-order valence-corrected chi connectivity index (χ2v) is 10.7. The molecule has 1 aliphatic rings. The van der Waals surface area contributed by atoms with E-state index in [1.807, 2.05) is 54.8 Å². The van der Waals surface area contributed by atoms with Crippen molar-refractivity contribution >= 4 is 17.2 Å². The molecule has 0 saturated heterocycles. The summed E-state index contributed by atoms with van der Waals surface area (Å²) in [7, 11) is 0. The number of aliphatic hydroxyl groups is 1. The summed E-state index contributed by atoms with van der Waals surface area (Å²) in [4.78, 5) is 18.7. The van der Waals surface area contributed by atoms with E-state index in [2.05, 4.69) is 11.4 Å². The molecule has 4 rings (SSSR count). The molecule has 1 amide bonds. The normalized spacial score (nSPS) is 16.1. The monoisotopic (exact) mass is 526 g/mol. The van der Waals surface area contributed by atoms with Gasteiger partial charge in [0.25, 0.3) is 0 Å². The summed E-state index contributed by atoms with van der Waals surface area (Å²) in [5.74, 6) is 0.988. The Kier molecular flexibility index (Phi) is 9.18. The quantitative estimate of drug-likeness (QED) is 0.387. The molecule has 1 aliphatic heterocycles. The largest absolute Gasteiger partial charge is 0.491 e. The van der Waals surface area contributed by atoms with Gasteiger partial charge in [0.15, 0.2) is 0 Å². The maximum Gasteiger partial charge on any atom is 0.237 e. The summed E-state index contributed by atoms with van der Waals surface area (Å²) < 4.78 is 25.1. The fourth-order valence-corrected chi connectivity index (χ4v) is 5.46. The van der Waals surface area contributed by atoms with Crippen LogP contribution in [0.1, 0.15) is 35.9 Å². The van der Waals surface area contributed by atoms with E-state index in [1.54, 1.807) is 23.5 Å². The van der Waals surface area contributed by atoms with Gasteiger partial charge in [-0.1, -0.05) is 18.2 Å². The average Bonchev–Trinajstić information content (AvgIpc) is 3.36. The van der Waals surface area contributed by atoms with Crippen molar-refractivity contribution in [1.82, 2.24) is 9.80 Å². The maximum absolute atomic E-state index is 13.6. The van der Waals surface area contributed by atoms with Crippen molar-refractivity contribution in [2.75, 3.05) is 32.8 Å². The first-order chi connectivity index (χ1) is 17.8. The summed E-state index contributed by atoms with van der Waals surface area (Å²) >= 11 is 1.70. The Morgan fingerprint density at radius 1 is 1.16 bits per heavy atom. The van der Waals surface area contributed by atoms with E-state index >= 15 is 0 Å². The van der Waals surface area contributed by atoms with Crippen molar-refractivity contribution in [3.8, 4) is 11.5 Å². The highest BCUT2D eigenvalue weighted by Crippen LogP contribution is 2.34. The molecule has 1 N–H and O–H groups in total. The van der Waals surface area contributed by atoms with Crippen molar-refractivity contribution in [1.29, 1.82) is 0 Å². The van der Waals surface area contributed by atoms with Gasteiger partial charge < -0.3 is 19.5 Å². The van der Waals surface area contributed by atoms with Crippen LogP contribution in [0.3, 0.4) is 0 Å². The van der Waals surface area contributed by atoms with Crippen LogP contribution in [-0.2, 0) is 11.2 Å². The van der Waals surface area contributed by atoms with Crippen molar-refractivity contribution in [2.24, 2.45) is 0 Å². The molecular formula is C29H35FN2O4S. The summed E-state index contributed by atoms with van der Waals surface area (Å²) in [6.45, 7) is 7.56. The number of aliphatic hydroxyl groups excluding tert-OH is 1. The molecule has 0 unspecified atom stereocenters. The van der Waals surface area contributed by atoms with Crippen molar-refractivity contribution in [2.45, 2.75) is 45.4 Å². The van der Waals surface area contributed by atoms with E-state index in [0.717, 1.165) is 23.3 Å². The van der Waals surface area contributed by atoms with E-state index in [0.29, 0.717) is 18.8 Å². The number of hydrogen-bond acceptors (Lipinski definition) is 6. The van der Waals surface area contributed by atoms with Crippen LogP contribution in [0.15, 0.2) is 60.0 Å². The maximum atomic E-state index is 13.6. The molecule has 1 aromatic heterocycles. The minimum Gasteiger partial charge on any atom is -0.491 e. The van der Waals surface area contributed by atoms with Crippen LogP contribution in [0.25, 0.3) is 0 Å². The second kappa shape index (κ2) is 12.5. The Bertz CT molecular complexity index is 1170. The van der Waals surface area contributed by atoms with Gasteiger partial charge >= 0.3 is 0 Å². The first-order valence-electron chi connectivity index (χ1n) is 12.7. The zero-order valence-corrected chi connectivity index (χ0v) is 22.4. The lowest BCUT2D eigenvalue weighted by Gasteiger charge is -2.38. The fourth-order valence-electron chi connectivity index (χ4n) is 4.53. The number of halogens is 1. The number of benzene rings is 2. The number of fused-ring (bicyclic) bond motifs is 1. The molecule has 0 saturated carbocycles. The molecule has 198 valence electrons. The van der Waals surface area contributed by atoms with Gasteiger partial charge in [-0.3, -0.25) is 9.69 Å². The zero-order valence-electron chi connectivity index (χ0n) is 21.6. The number of hydrogen-bond donors (Lipinski definition) is 1. The molecule has 0 fully saturated rings. The summed E-state index contributed by atoms with van der Waals surface area (Å²) in [6, 6.07) is 15.5. The number of ether oxygens (including phenoxy) is 2. The standard InChI is InChI=1S/C29H35FN2O4S/c1-20(2)31(16-23(33)18-36-27-7-5-4-6-21(27)3)17-29(34)32-14-12-28-25(13-15-37-28)26(32)19-35-24-10-8-22(30)9-11-24/h4-11,13,15,20,23,26,33H,12,14,16-19H2,1-3H3/t23-,26-/m1/s1. The SMILES string of the molecule is Cc1ccccc1OC[C@H](O)CN(CC(=O)N1CCc2sccc2[C@H]1COc1ccc(F)cc1)C(C)C. The highest BCUT2D eigenvalue weighted by Gasteiger charge is 2.33. The van der Waals surface area contributed by atoms with E-state index in [-0.39, 0.29) is 43.6 Å². The average molecular weight is 527 g/mol. The first-order valence-corrected chi connectivity index (χ1v) is 13.5. The van der Waals surface area contributed by atoms with Crippen LogP contribution in [0.2, 0.25) is 0 Å². The van der Waals surface area contributed by atoms with Crippen LogP contribution < -0.4 is 9.47 Å². The highest BCUT2D eigenvalue weighted by molar-refractivity contribution is 7.10. The lowest BCUT2D eigenvalue weighted by atomic mass is 10.00. The van der Waals surface area contributed by atoms with Gasteiger partial charge in [-0.2, -0.15) is 0 Å². The van der Waals surface area contributed by atoms with Crippen LogP contribution in [0.4, 0.5) is 4.39 Å². The number of aryl methyl sites for hydroxylation is 1. The van der Waals surface area contributed by atoms with Crippen LogP contribution in [0, 0.1) is 12.7 Å². The Morgan fingerprint density at radius 2 is 1.92 bits per heavy atom. The Balaban J connectivity index is 1.40. The number of rotatable bonds is 11. The predicted molar refractivity (Wildman–Crippen MR) is 144 cm³/mol. The number of amides is 1. The topological polar surface area (TPSA) is 62.2 Å².